The predicted molar refractivity (Wildman–Crippen MR) is 113 cm³/mol. The van der Waals surface area contributed by atoms with Gasteiger partial charge in [0.05, 0.1) is 11.4 Å². The van der Waals surface area contributed by atoms with E-state index in [4.69, 9.17) is 11.6 Å². The second kappa shape index (κ2) is 7.68. The maximum Gasteiger partial charge on any atom is 0.272 e. The molecule has 0 atom stereocenters. The van der Waals surface area contributed by atoms with Gasteiger partial charge >= 0.3 is 0 Å². The van der Waals surface area contributed by atoms with Gasteiger partial charge in [-0.15, -0.1) is 0 Å². The molecule has 3 aromatic rings. The molecule has 0 bridgehead atoms. The lowest BCUT2D eigenvalue weighted by atomic mass is 10.2. The summed E-state index contributed by atoms with van der Waals surface area (Å²) in [5.74, 6) is 0.0249. The van der Waals surface area contributed by atoms with Crippen molar-refractivity contribution >= 4 is 23.2 Å². The first-order valence-electron chi connectivity index (χ1n) is 9.45. The van der Waals surface area contributed by atoms with Gasteiger partial charge in [0.2, 0.25) is 0 Å². The Morgan fingerprint density at radius 3 is 2.14 bits per heavy atom. The number of aryl methyl sites for hydroxylation is 2. The van der Waals surface area contributed by atoms with Gasteiger partial charge < -0.3 is 9.80 Å². The molecule has 2 heterocycles. The molecule has 0 aliphatic carbocycles. The quantitative estimate of drug-likeness (QED) is 0.671. The first-order chi connectivity index (χ1) is 13.5. The Kier molecular flexibility index (Phi) is 5.09. The van der Waals surface area contributed by atoms with E-state index in [-0.39, 0.29) is 5.91 Å². The number of nitrogens with zero attached hydrogens (tertiary/aromatic N) is 4. The summed E-state index contributed by atoms with van der Waals surface area (Å²) < 4.78 is 1.75. The van der Waals surface area contributed by atoms with E-state index in [9.17, 15) is 4.79 Å². The van der Waals surface area contributed by atoms with Crippen LogP contribution in [0.2, 0.25) is 5.02 Å². The molecule has 1 amide bonds. The van der Waals surface area contributed by atoms with Crippen LogP contribution in [0.5, 0.6) is 0 Å². The van der Waals surface area contributed by atoms with E-state index in [1.807, 2.05) is 73.3 Å². The van der Waals surface area contributed by atoms with E-state index >= 15 is 0 Å². The molecule has 4 rings (SSSR count). The predicted octanol–water partition coefficient (Wildman–Crippen LogP) is 4.10. The van der Waals surface area contributed by atoms with Crippen molar-refractivity contribution in [1.82, 2.24) is 14.7 Å². The van der Waals surface area contributed by atoms with E-state index in [0.29, 0.717) is 18.8 Å². The summed E-state index contributed by atoms with van der Waals surface area (Å²) in [6.07, 6.45) is 0. The summed E-state index contributed by atoms with van der Waals surface area (Å²) in [6, 6.07) is 17.8. The third-order valence-electron chi connectivity index (χ3n) is 5.09. The SMILES string of the molecule is Cc1ccc(-n2nc(C)cc2C(=O)N2CCN(c3ccc(Cl)cc3)CC2)cc1. The molecule has 5 nitrogen and oxygen atoms in total. The number of hydrogen-bond donors (Lipinski definition) is 0. The van der Waals surface area contributed by atoms with E-state index in [1.54, 1.807) is 4.68 Å². The van der Waals surface area contributed by atoms with Crippen LogP contribution < -0.4 is 4.90 Å². The molecule has 1 aliphatic heterocycles. The number of piperazine rings is 1. The number of anilines is 1. The van der Waals surface area contributed by atoms with Crippen molar-refractivity contribution in [3.8, 4) is 5.69 Å². The normalized spacial score (nSPS) is 14.4. The van der Waals surface area contributed by atoms with Crippen LogP contribution in [-0.4, -0.2) is 46.8 Å². The lowest BCUT2D eigenvalue weighted by molar-refractivity contribution is 0.0737. The first-order valence-corrected chi connectivity index (χ1v) is 9.82. The number of benzene rings is 2. The molecule has 0 unspecified atom stereocenters. The van der Waals surface area contributed by atoms with Crippen LogP contribution in [0.3, 0.4) is 0 Å². The number of aromatic nitrogens is 2. The minimum Gasteiger partial charge on any atom is -0.368 e. The van der Waals surface area contributed by atoms with E-state index in [0.717, 1.165) is 35.2 Å². The average Bonchev–Trinajstić information content (AvgIpc) is 3.10. The van der Waals surface area contributed by atoms with Gasteiger partial charge in [0.15, 0.2) is 0 Å². The standard InChI is InChI=1S/C22H23ClN4O/c1-16-3-7-20(8-4-16)27-21(15-17(2)24-27)22(28)26-13-11-25(12-14-26)19-9-5-18(23)6-10-19/h3-10,15H,11-14H2,1-2H3. The molecule has 0 saturated carbocycles. The molecule has 0 spiro atoms. The Hall–Kier alpha value is -2.79. The fourth-order valence-corrected chi connectivity index (χ4v) is 3.64. The molecule has 6 heteroatoms. The third-order valence-corrected chi connectivity index (χ3v) is 5.34. The maximum atomic E-state index is 13.2. The number of halogens is 1. The molecule has 0 radical (unpaired) electrons. The lowest BCUT2D eigenvalue weighted by Gasteiger charge is -2.36. The minimum atomic E-state index is 0.0249. The van der Waals surface area contributed by atoms with Crippen LogP contribution >= 0.6 is 11.6 Å². The van der Waals surface area contributed by atoms with Gasteiger partial charge in [0.1, 0.15) is 5.69 Å². The van der Waals surface area contributed by atoms with Crippen LogP contribution in [0.25, 0.3) is 5.69 Å². The molecule has 2 aromatic carbocycles. The Bertz CT molecular complexity index is 971. The Labute approximate surface area is 170 Å². The van der Waals surface area contributed by atoms with Crippen molar-refractivity contribution in [3.63, 3.8) is 0 Å². The monoisotopic (exact) mass is 394 g/mol. The van der Waals surface area contributed by atoms with Gasteiger partial charge in [-0.3, -0.25) is 4.79 Å². The second-order valence-corrected chi connectivity index (χ2v) is 7.61. The summed E-state index contributed by atoms with van der Waals surface area (Å²) >= 11 is 5.98. The zero-order valence-corrected chi connectivity index (χ0v) is 16.9. The molecule has 1 saturated heterocycles. The number of carbonyl (C=O) groups excluding carboxylic acids is 1. The highest BCUT2D eigenvalue weighted by Gasteiger charge is 2.25. The fourth-order valence-electron chi connectivity index (χ4n) is 3.52. The smallest absolute Gasteiger partial charge is 0.272 e. The van der Waals surface area contributed by atoms with Crippen LogP contribution in [0.15, 0.2) is 54.6 Å². The number of rotatable bonds is 3. The number of carbonyl (C=O) groups is 1. The van der Waals surface area contributed by atoms with Crippen molar-refractivity contribution in [2.75, 3.05) is 31.1 Å². The Morgan fingerprint density at radius 2 is 1.50 bits per heavy atom. The summed E-state index contributed by atoms with van der Waals surface area (Å²) in [7, 11) is 0. The minimum absolute atomic E-state index is 0.0249. The van der Waals surface area contributed by atoms with Crippen LogP contribution in [0.1, 0.15) is 21.7 Å². The largest absolute Gasteiger partial charge is 0.368 e. The van der Waals surface area contributed by atoms with Crippen LogP contribution in [0.4, 0.5) is 5.69 Å². The second-order valence-electron chi connectivity index (χ2n) is 7.17. The lowest BCUT2D eigenvalue weighted by Crippen LogP contribution is -2.49. The molecule has 144 valence electrons. The van der Waals surface area contributed by atoms with Crippen LogP contribution in [-0.2, 0) is 0 Å². The molecule has 0 N–H and O–H groups in total. The van der Waals surface area contributed by atoms with E-state index in [1.165, 1.54) is 5.56 Å². The van der Waals surface area contributed by atoms with Crippen molar-refractivity contribution in [3.05, 3.63) is 76.6 Å². The molecule has 1 aliphatic rings. The van der Waals surface area contributed by atoms with Crippen molar-refractivity contribution in [1.29, 1.82) is 0 Å². The highest BCUT2D eigenvalue weighted by Crippen LogP contribution is 2.21. The average molecular weight is 395 g/mol. The Balaban J connectivity index is 1.50. The van der Waals surface area contributed by atoms with Crippen molar-refractivity contribution in [2.45, 2.75) is 13.8 Å². The summed E-state index contributed by atoms with van der Waals surface area (Å²) in [5.41, 5.74) is 4.67. The van der Waals surface area contributed by atoms with Gasteiger partial charge in [-0.2, -0.15) is 5.10 Å². The van der Waals surface area contributed by atoms with E-state index in [2.05, 4.69) is 10.00 Å². The molecular formula is C22H23ClN4O. The fraction of sp³-hybridized carbons (Fsp3) is 0.273. The maximum absolute atomic E-state index is 13.2. The summed E-state index contributed by atoms with van der Waals surface area (Å²) in [6.45, 7) is 6.92. The molecular weight excluding hydrogens is 372 g/mol. The van der Waals surface area contributed by atoms with Crippen molar-refractivity contribution < 1.29 is 4.79 Å². The van der Waals surface area contributed by atoms with Gasteiger partial charge in [-0.25, -0.2) is 4.68 Å². The zero-order chi connectivity index (χ0) is 19.7. The highest BCUT2D eigenvalue weighted by molar-refractivity contribution is 6.30. The highest BCUT2D eigenvalue weighted by atomic mass is 35.5. The first kappa shape index (κ1) is 18.6. The summed E-state index contributed by atoms with van der Waals surface area (Å²) in [5, 5.41) is 5.28. The molecule has 1 fully saturated rings. The van der Waals surface area contributed by atoms with Gasteiger partial charge in [0, 0.05) is 36.9 Å². The molecule has 28 heavy (non-hydrogen) atoms. The third kappa shape index (κ3) is 3.76. The Morgan fingerprint density at radius 1 is 0.893 bits per heavy atom. The molecule has 1 aromatic heterocycles. The van der Waals surface area contributed by atoms with Crippen LogP contribution in [0, 0.1) is 13.8 Å². The topological polar surface area (TPSA) is 41.4 Å². The van der Waals surface area contributed by atoms with E-state index < -0.39 is 0 Å². The van der Waals surface area contributed by atoms with Gasteiger partial charge in [0.25, 0.3) is 5.91 Å². The number of hydrogen-bond acceptors (Lipinski definition) is 3. The zero-order valence-electron chi connectivity index (χ0n) is 16.1. The van der Waals surface area contributed by atoms with Crippen molar-refractivity contribution in [2.24, 2.45) is 0 Å². The van der Waals surface area contributed by atoms with Gasteiger partial charge in [-0.05, 0) is 56.3 Å². The summed E-state index contributed by atoms with van der Waals surface area (Å²) in [4.78, 5) is 17.4. The number of amides is 1. The van der Waals surface area contributed by atoms with Gasteiger partial charge in [-0.1, -0.05) is 29.3 Å².